The monoisotopic (exact) mass is 270 g/mol. The van der Waals surface area contributed by atoms with Crippen LogP contribution in [0.2, 0.25) is 0 Å². The molecule has 0 saturated carbocycles. The van der Waals surface area contributed by atoms with Crippen molar-refractivity contribution in [3.05, 3.63) is 47.5 Å². The van der Waals surface area contributed by atoms with E-state index in [-0.39, 0.29) is 28.2 Å². The first kappa shape index (κ1) is 12.2. The van der Waals surface area contributed by atoms with Gasteiger partial charge in [-0.15, -0.1) is 0 Å². The number of hydrogen-bond donors (Lipinski definition) is 1. The Kier molecular flexibility index (Phi) is 2.50. The highest BCUT2D eigenvalue weighted by molar-refractivity contribution is 6.21. The van der Waals surface area contributed by atoms with Crippen LogP contribution in [0.1, 0.15) is 21.5 Å². The second-order valence-corrected chi connectivity index (χ2v) is 4.56. The fourth-order valence-electron chi connectivity index (χ4n) is 2.12. The minimum Gasteiger partial charge on any atom is -0.507 e. The molecule has 1 aromatic rings. The molecule has 0 unspecified atom stereocenters. The van der Waals surface area contributed by atoms with Crippen LogP contribution in [0.25, 0.3) is 5.57 Å². The number of rotatable bonds is 0. The molecular weight excluding hydrogens is 260 g/mol. The highest BCUT2D eigenvalue weighted by Crippen LogP contribution is 2.39. The highest BCUT2D eigenvalue weighted by atomic mass is 16.5. The lowest BCUT2D eigenvalue weighted by Gasteiger charge is -1.97. The van der Waals surface area contributed by atoms with Crippen LogP contribution in [0, 0.1) is 6.92 Å². The Balaban J connectivity index is 2.42. The average Bonchev–Trinajstić information content (AvgIpc) is 2.80. The number of esters is 2. The van der Waals surface area contributed by atoms with Crippen LogP contribution in [0.15, 0.2) is 30.8 Å². The van der Waals surface area contributed by atoms with E-state index in [0.717, 1.165) is 0 Å². The zero-order valence-corrected chi connectivity index (χ0v) is 10.6. The number of fused-ring (bicyclic) bond motifs is 3. The van der Waals surface area contributed by atoms with Gasteiger partial charge in [0, 0.05) is 0 Å². The van der Waals surface area contributed by atoms with Gasteiger partial charge in [0.2, 0.25) is 0 Å². The van der Waals surface area contributed by atoms with E-state index in [9.17, 15) is 14.7 Å². The first-order valence-electron chi connectivity index (χ1n) is 5.86. The molecule has 100 valence electrons. The number of ether oxygens (including phenoxy) is 2. The van der Waals surface area contributed by atoms with Gasteiger partial charge < -0.3 is 14.6 Å². The summed E-state index contributed by atoms with van der Waals surface area (Å²) in [5.41, 5.74) is 1.14. The van der Waals surface area contributed by atoms with Crippen LogP contribution < -0.4 is 9.47 Å². The lowest BCUT2D eigenvalue weighted by molar-refractivity contribution is -0.126. The quantitative estimate of drug-likeness (QED) is 0.578. The lowest BCUT2D eigenvalue weighted by Crippen LogP contribution is -2.02. The van der Waals surface area contributed by atoms with Crippen molar-refractivity contribution in [1.29, 1.82) is 0 Å². The maximum absolute atomic E-state index is 11.7. The van der Waals surface area contributed by atoms with Gasteiger partial charge in [-0.2, -0.15) is 0 Å². The van der Waals surface area contributed by atoms with Crippen molar-refractivity contribution in [2.75, 3.05) is 0 Å². The zero-order valence-electron chi connectivity index (χ0n) is 10.6. The summed E-state index contributed by atoms with van der Waals surface area (Å²) in [6, 6.07) is 5.97. The van der Waals surface area contributed by atoms with Gasteiger partial charge in [0.15, 0.2) is 0 Å². The molecular formula is C15H10O5. The minimum absolute atomic E-state index is 0.0505. The zero-order chi connectivity index (χ0) is 14.4. The van der Waals surface area contributed by atoms with Crippen molar-refractivity contribution >= 4 is 17.5 Å². The maximum Gasteiger partial charge on any atom is 0.343 e. The molecule has 0 aliphatic carbocycles. The van der Waals surface area contributed by atoms with Gasteiger partial charge in [-0.3, -0.25) is 0 Å². The van der Waals surface area contributed by atoms with Crippen molar-refractivity contribution in [3.8, 4) is 17.2 Å². The van der Waals surface area contributed by atoms with Crippen molar-refractivity contribution in [1.82, 2.24) is 0 Å². The molecule has 0 aromatic heterocycles. The average molecular weight is 270 g/mol. The molecule has 0 radical (unpaired) electrons. The van der Waals surface area contributed by atoms with E-state index < -0.39 is 11.9 Å². The normalized spacial score (nSPS) is 14.6. The Labute approximate surface area is 114 Å². The molecule has 0 atom stereocenters. The molecule has 0 fully saturated rings. The molecule has 1 aromatic carbocycles. The van der Waals surface area contributed by atoms with Gasteiger partial charge in [0.25, 0.3) is 0 Å². The van der Waals surface area contributed by atoms with E-state index in [1.165, 1.54) is 12.1 Å². The molecule has 0 spiro atoms. The van der Waals surface area contributed by atoms with Crippen molar-refractivity contribution < 1.29 is 24.2 Å². The Bertz CT molecular complexity index is 744. The molecule has 3 rings (SSSR count). The van der Waals surface area contributed by atoms with Gasteiger partial charge in [0.05, 0.1) is 16.7 Å². The summed E-state index contributed by atoms with van der Waals surface area (Å²) in [4.78, 5) is 23.3. The standard InChI is InChI=1S/C15H10O5/c1-7-3-10-5-9(15(18)19-10)6-12-13(11(16)4-7)8(2)14(17)20-12/h3-6,16H,2H2,1H3. The van der Waals surface area contributed by atoms with Crippen LogP contribution in [-0.2, 0) is 4.79 Å². The molecule has 1 N–H and O–H groups in total. The Morgan fingerprint density at radius 3 is 2.55 bits per heavy atom. The first-order valence-corrected chi connectivity index (χ1v) is 5.86. The van der Waals surface area contributed by atoms with Crippen molar-refractivity contribution in [3.63, 3.8) is 0 Å². The number of hydrogen-bond acceptors (Lipinski definition) is 5. The lowest BCUT2D eigenvalue weighted by atomic mass is 10.1. The third-order valence-electron chi connectivity index (χ3n) is 3.02. The van der Waals surface area contributed by atoms with Gasteiger partial charge in [-0.1, -0.05) is 6.58 Å². The van der Waals surface area contributed by atoms with E-state index in [2.05, 4.69) is 6.58 Å². The Hall–Kier alpha value is -2.82. The topological polar surface area (TPSA) is 72.8 Å². The fourth-order valence-corrected chi connectivity index (χ4v) is 2.12. The predicted molar refractivity (Wildman–Crippen MR) is 70.1 cm³/mol. The summed E-state index contributed by atoms with van der Waals surface area (Å²) in [6.45, 7) is 5.32. The fraction of sp³-hybridized carbons (Fsp3) is 0.0667. The number of carbonyl (C=O) groups is 2. The summed E-state index contributed by atoms with van der Waals surface area (Å²) in [7, 11) is 0. The second-order valence-electron chi connectivity index (χ2n) is 4.56. The molecule has 0 amide bonds. The largest absolute Gasteiger partial charge is 0.507 e. The van der Waals surface area contributed by atoms with Crippen LogP contribution in [0.4, 0.5) is 0 Å². The molecule has 5 nitrogen and oxygen atoms in total. The Morgan fingerprint density at radius 1 is 1.05 bits per heavy atom. The van der Waals surface area contributed by atoms with Crippen LogP contribution >= 0.6 is 0 Å². The second kappa shape index (κ2) is 4.09. The summed E-state index contributed by atoms with van der Waals surface area (Å²) >= 11 is 0. The highest BCUT2D eigenvalue weighted by Gasteiger charge is 2.29. The van der Waals surface area contributed by atoms with E-state index in [1.54, 1.807) is 19.1 Å². The van der Waals surface area contributed by atoms with Crippen LogP contribution in [0.3, 0.4) is 0 Å². The number of carbonyl (C=O) groups excluding carboxylic acids is 2. The summed E-state index contributed by atoms with van der Waals surface area (Å²) < 4.78 is 10.1. The third kappa shape index (κ3) is 1.80. The minimum atomic E-state index is -0.650. The molecule has 2 aliphatic heterocycles. The molecule has 0 saturated heterocycles. The van der Waals surface area contributed by atoms with Gasteiger partial charge >= 0.3 is 11.9 Å². The molecule has 2 heterocycles. The van der Waals surface area contributed by atoms with Crippen LogP contribution in [0.5, 0.6) is 17.2 Å². The Morgan fingerprint density at radius 2 is 1.80 bits per heavy atom. The van der Waals surface area contributed by atoms with Crippen molar-refractivity contribution in [2.45, 2.75) is 6.92 Å². The molecule has 5 heteroatoms. The predicted octanol–water partition coefficient (Wildman–Crippen LogP) is 2.29. The number of aryl methyl sites for hydroxylation is 1. The van der Waals surface area contributed by atoms with Gasteiger partial charge in [-0.25, -0.2) is 9.59 Å². The smallest absolute Gasteiger partial charge is 0.343 e. The van der Waals surface area contributed by atoms with Crippen LogP contribution in [-0.4, -0.2) is 17.0 Å². The first-order chi connectivity index (χ1) is 9.45. The van der Waals surface area contributed by atoms with E-state index in [4.69, 9.17) is 9.47 Å². The molecule has 2 bridgehead atoms. The van der Waals surface area contributed by atoms with E-state index >= 15 is 0 Å². The third-order valence-corrected chi connectivity index (χ3v) is 3.02. The van der Waals surface area contributed by atoms with Crippen molar-refractivity contribution in [2.24, 2.45) is 0 Å². The maximum atomic E-state index is 11.7. The molecule has 2 aliphatic rings. The summed E-state index contributed by atoms with van der Waals surface area (Å²) in [5, 5.41) is 10.1. The molecule has 20 heavy (non-hydrogen) atoms. The number of aromatic hydroxyl groups is 1. The summed E-state index contributed by atoms with van der Waals surface area (Å²) in [5.74, 6) is -0.868. The SMILES string of the molecule is C=C1C(=O)Oc2cc3cc(cc(C)cc(O)c21)OC3=O. The van der Waals surface area contributed by atoms with Gasteiger partial charge in [0.1, 0.15) is 17.2 Å². The van der Waals surface area contributed by atoms with Gasteiger partial charge in [-0.05, 0) is 36.8 Å². The summed E-state index contributed by atoms with van der Waals surface area (Å²) in [6.07, 6.45) is 0. The van der Waals surface area contributed by atoms with E-state index in [1.807, 2.05) is 0 Å². The van der Waals surface area contributed by atoms with E-state index in [0.29, 0.717) is 11.3 Å².